The van der Waals surface area contributed by atoms with Crippen molar-refractivity contribution < 1.29 is 14.6 Å². The number of nitrogens with two attached hydrogens (primary N) is 1. The predicted molar refractivity (Wildman–Crippen MR) is 83.9 cm³/mol. The molecular formula is C13H17N5O5. The van der Waals surface area contributed by atoms with Crippen molar-refractivity contribution in [3.8, 4) is 0 Å². The molecule has 0 spiro atoms. The van der Waals surface area contributed by atoms with Gasteiger partial charge in [0.25, 0.3) is 11.6 Å². The first-order valence-corrected chi connectivity index (χ1v) is 7.16. The molecule has 0 aromatic heterocycles. The lowest BCUT2D eigenvalue weighted by Crippen LogP contribution is -2.25. The summed E-state index contributed by atoms with van der Waals surface area (Å²) in [7, 11) is 0. The fourth-order valence-electron chi connectivity index (χ4n) is 2.77. The summed E-state index contributed by atoms with van der Waals surface area (Å²) in [5.41, 5.74) is 3.96. The Morgan fingerprint density at radius 1 is 1.30 bits per heavy atom. The molecule has 2 rings (SSSR count). The van der Waals surface area contributed by atoms with Crippen LogP contribution in [0.1, 0.15) is 30.1 Å². The van der Waals surface area contributed by atoms with Crippen molar-refractivity contribution in [1.82, 2.24) is 0 Å². The van der Waals surface area contributed by atoms with Gasteiger partial charge in [-0.1, -0.05) is 0 Å². The smallest absolute Gasteiger partial charge is 0.323 e. The average Bonchev–Trinajstić information content (AvgIpc) is 2.99. The van der Waals surface area contributed by atoms with E-state index in [4.69, 9.17) is 5.73 Å². The number of carbonyl (C=O) groups excluding carboxylic acids is 1. The van der Waals surface area contributed by atoms with Crippen LogP contribution in [0.5, 0.6) is 0 Å². The highest BCUT2D eigenvalue weighted by Crippen LogP contribution is 2.45. The molecule has 1 amide bonds. The highest BCUT2D eigenvalue weighted by molar-refractivity contribution is 6.05. The van der Waals surface area contributed by atoms with Crippen molar-refractivity contribution in [2.24, 2.45) is 5.73 Å². The van der Waals surface area contributed by atoms with Crippen molar-refractivity contribution in [2.45, 2.75) is 19.8 Å². The number of nitrogens with zero attached hydrogens (tertiary/aromatic N) is 3. The van der Waals surface area contributed by atoms with E-state index in [2.05, 4.69) is 5.32 Å². The number of rotatable bonds is 6. The maximum atomic E-state index is 11.7. The van der Waals surface area contributed by atoms with Crippen LogP contribution in [0.25, 0.3) is 0 Å². The van der Waals surface area contributed by atoms with E-state index in [1.54, 1.807) is 11.8 Å². The number of nitrogens with one attached hydrogen (secondary N) is 1. The Morgan fingerprint density at radius 2 is 1.91 bits per heavy atom. The third kappa shape index (κ3) is 3.00. The Balaban J connectivity index is 2.84. The minimum absolute atomic E-state index is 0.0570. The summed E-state index contributed by atoms with van der Waals surface area (Å²) >= 11 is 0. The first kappa shape index (κ1) is 16.5. The van der Waals surface area contributed by atoms with E-state index < -0.39 is 27.1 Å². The first-order chi connectivity index (χ1) is 10.9. The zero-order valence-electron chi connectivity index (χ0n) is 12.6. The predicted octanol–water partition coefficient (Wildman–Crippen LogP) is 1.63. The first-order valence-electron chi connectivity index (χ1n) is 7.16. The molecule has 1 aromatic rings. The molecule has 10 heteroatoms. The van der Waals surface area contributed by atoms with E-state index in [0.29, 0.717) is 13.1 Å². The van der Waals surface area contributed by atoms with Crippen molar-refractivity contribution in [3.63, 3.8) is 0 Å². The molecule has 1 fully saturated rings. The van der Waals surface area contributed by atoms with Gasteiger partial charge in [0, 0.05) is 25.7 Å². The Bertz CT molecular complexity index is 669. The molecule has 0 bridgehead atoms. The second kappa shape index (κ2) is 6.46. The molecule has 0 radical (unpaired) electrons. The number of hydrogen-bond donors (Lipinski definition) is 2. The summed E-state index contributed by atoms with van der Waals surface area (Å²) in [4.78, 5) is 34.8. The Morgan fingerprint density at radius 3 is 2.35 bits per heavy atom. The molecule has 0 saturated carbocycles. The molecule has 1 saturated heterocycles. The zero-order chi connectivity index (χ0) is 17.1. The summed E-state index contributed by atoms with van der Waals surface area (Å²) in [5.74, 6) is -0.929. The molecule has 124 valence electrons. The lowest BCUT2D eigenvalue weighted by atomic mass is 10.1. The lowest BCUT2D eigenvalue weighted by molar-refractivity contribution is -0.391. The van der Waals surface area contributed by atoms with E-state index in [9.17, 15) is 25.0 Å². The number of benzene rings is 1. The average molecular weight is 323 g/mol. The number of primary amides is 1. The molecule has 0 unspecified atom stereocenters. The van der Waals surface area contributed by atoms with Gasteiger partial charge >= 0.3 is 5.69 Å². The fraction of sp³-hybridized carbons (Fsp3) is 0.462. The molecule has 1 aromatic carbocycles. The minimum Gasteiger partial charge on any atom is -0.374 e. The molecule has 1 aliphatic rings. The van der Waals surface area contributed by atoms with Crippen LogP contribution in [0.15, 0.2) is 6.07 Å². The summed E-state index contributed by atoms with van der Waals surface area (Å²) in [6, 6.07) is 1.01. The largest absolute Gasteiger partial charge is 0.374 e. The van der Waals surface area contributed by atoms with Crippen molar-refractivity contribution in [2.75, 3.05) is 29.9 Å². The number of nitro groups is 2. The van der Waals surface area contributed by atoms with Crippen LogP contribution in [0.4, 0.5) is 22.7 Å². The second-order valence-corrected chi connectivity index (χ2v) is 5.12. The van der Waals surface area contributed by atoms with Gasteiger partial charge in [-0.15, -0.1) is 0 Å². The van der Waals surface area contributed by atoms with Gasteiger partial charge in [0.2, 0.25) is 0 Å². The van der Waals surface area contributed by atoms with Crippen molar-refractivity contribution in [3.05, 3.63) is 31.9 Å². The third-order valence-electron chi connectivity index (χ3n) is 3.67. The molecule has 23 heavy (non-hydrogen) atoms. The second-order valence-electron chi connectivity index (χ2n) is 5.12. The number of carbonyl (C=O) groups is 1. The maximum Gasteiger partial charge on any atom is 0.323 e. The molecule has 0 atom stereocenters. The normalized spacial score (nSPS) is 13.9. The number of anilines is 2. The minimum atomic E-state index is -0.929. The van der Waals surface area contributed by atoms with Crippen LogP contribution in [0, 0.1) is 20.2 Å². The topological polar surface area (TPSA) is 145 Å². The van der Waals surface area contributed by atoms with Gasteiger partial charge in [0.1, 0.15) is 5.69 Å². The third-order valence-corrected chi connectivity index (χ3v) is 3.67. The van der Waals surface area contributed by atoms with Crippen LogP contribution in [0.2, 0.25) is 0 Å². The molecule has 0 aliphatic carbocycles. The van der Waals surface area contributed by atoms with E-state index in [0.717, 1.165) is 18.9 Å². The number of hydrogen-bond acceptors (Lipinski definition) is 7. The van der Waals surface area contributed by atoms with Crippen LogP contribution in [0.3, 0.4) is 0 Å². The van der Waals surface area contributed by atoms with Crippen LogP contribution < -0.4 is 16.0 Å². The van der Waals surface area contributed by atoms with E-state index in [1.807, 2.05) is 0 Å². The van der Waals surface area contributed by atoms with Crippen LogP contribution in [-0.2, 0) is 0 Å². The Hall–Kier alpha value is -2.91. The number of amides is 1. The SMILES string of the molecule is CCNc1c([N+](=O)[O-])cc(C(N)=O)c(N2CCCC2)c1[N+](=O)[O-]. The Kier molecular flexibility index (Phi) is 4.63. The van der Waals surface area contributed by atoms with Gasteiger partial charge in [-0.2, -0.15) is 0 Å². The standard InChI is InChI=1S/C13H17N5O5/c1-2-15-10-9(17(20)21)7-8(13(14)19)11(12(10)18(22)23)16-5-3-4-6-16/h7,15H,2-6H2,1H3,(H2,14,19). The van der Waals surface area contributed by atoms with Crippen molar-refractivity contribution >= 4 is 28.7 Å². The summed E-state index contributed by atoms with van der Waals surface area (Å²) in [6.07, 6.45) is 1.64. The zero-order valence-corrected chi connectivity index (χ0v) is 12.6. The van der Waals surface area contributed by atoms with Gasteiger partial charge in [0.05, 0.1) is 15.4 Å². The molecule has 3 N–H and O–H groups in total. The molecule has 1 heterocycles. The van der Waals surface area contributed by atoms with Crippen LogP contribution in [-0.4, -0.2) is 35.4 Å². The highest BCUT2D eigenvalue weighted by Gasteiger charge is 2.36. The van der Waals surface area contributed by atoms with Gasteiger partial charge in [-0.25, -0.2) is 0 Å². The molecular weight excluding hydrogens is 306 g/mol. The quantitative estimate of drug-likeness (QED) is 0.597. The van der Waals surface area contributed by atoms with Crippen LogP contribution >= 0.6 is 0 Å². The Labute approximate surface area is 131 Å². The summed E-state index contributed by atoms with van der Waals surface area (Å²) in [5, 5.41) is 25.5. The van der Waals surface area contributed by atoms with E-state index in [-0.39, 0.29) is 23.5 Å². The van der Waals surface area contributed by atoms with Gasteiger partial charge in [-0.05, 0) is 19.8 Å². The van der Waals surface area contributed by atoms with Gasteiger partial charge < -0.3 is 16.0 Å². The number of nitro benzene ring substituents is 2. The molecule has 10 nitrogen and oxygen atoms in total. The highest BCUT2D eigenvalue weighted by atomic mass is 16.6. The summed E-state index contributed by atoms with van der Waals surface area (Å²) < 4.78 is 0. The van der Waals surface area contributed by atoms with E-state index >= 15 is 0 Å². The lowest BCUT2D eigenvalue weighted by Gasteiger charge is -2.21. The van der Waals surface area contributed by atoms with E-state index in [1.165, 1.54) is 0 Å². The van der Waals surface area contributed by atoms with Crippen molar-refractivity contribution in [1.29, 1.82) is 0 Å². The fourth-order valence-corrected chi connectivity index (χ4v) is 2.77. The maximum absolute atomic E-state index is 11.7. The van der Waals surface area contributed by atoms with Gasteiger partial charge in [-0.3, -0.25) is 25.0 Å². The summed E-state index contributed by atoms with van der Waals surface area (Å²) in [6.45, 7) is 3.00. The molecule has 1 aliphatic heterocycles. The van der Waals surface area contributed by atoms with Gasteiger partial charge in [0.15, 0.2) is 5.69 Å². The monoisotopic (exact) mass is 323 g/mol.